The van der Waals surface area contributed by atoms with Gasteiger partial charge in [-0.15, -0.1) is 10.2 Å². The van der Waals surface area contributed by atoms with Gasteiger partial charge in [-0.05, 0) is 38.0 Å². The number of aromatic nitrogens is 3. The first kappa shape index (κ1) is 27.5. The fraction of sp³-hybridized carbons (Fsp3) is 0.481. The summed E-state index contributed by atoms with van der Waals surface area (Å²) >= 11 is 0. The molecule has 0 spiro atoms. The molecule has 2 saturated heterocycles. The number of morpholine rings is 1. The standard InChI is InChI=1S/C26H32N6O5.CH4/c1-26(2,27)24(33)28-21(16-35-13-17-7-4-3-5-8-17)23-30-29-22-10-6-9-18(32(22)23)14-37-25(34)31-12-20-11-19(31)15-36-20;/h3-10,19-21H,11-16,27H2,1-2H3,(H,28,33);1H4/t19?,20?,21-;/m1./s1. The summed E-state index contributed by atoms with van der Waals surface area (Å²) in [6.45, 7) is 4.88. The number of benzene rings is 1. The van der Waals surface area contributed by atoms with Crippen LogP contribution in [0.15, 0.2) is 48.5 Å². The van der Waals surface area contributed by atoms with E-state index in [2.05, 4.69) is 15.5 Å². The van der Waals surface area contributed by atoms with Crippen molar-refractivity contribution in [2.45, 2.75) is 64.6 Å². The predicted octanol–water partition coefficient (Wildman–Crippen LogP) is 2.59. The summed E-state index contributed by atoms with van der Waals surface area (Å²) in [7, 11) is 0. The van der Waals surface area contributed by atoms with Gasteiger partial charge < -0.3 is 30.2 Å². The Morgan fingerprint density at radius 3 is 2.63 bits per heavy atom. The highest BCUT2D eigenvalue weighted by atomic mass is 16.6. The Bertz CT molecular complexity index is 1260. The van der Waals surface area contributed by atoms with Crippen LogP contribution in [-0.4, -0.2) is 68.9 Å². The van der Waals surface area contributed by atoms with Crippen LogP contribution in [0.4, 0.5) is 4.79 Å². The van der Waals surface area contributed by atoms with E-state index < -0.39 is 11.6 Å². The molecule has 3 aromatic rings. The van der Waals surface area contributed by atoms with Crippen molar-refractivity contribution in [3.05, 3.63) is 65.6 Å². The van der Waals surface area contributed by atoms with E-state index in [0.29, 0.717) is 36.9 Å². The van der Waals surface area contributed by atoms with Crippen LogP contribution in [0.5, 0.6) is 0 Å². The zero-order valence-electron chi connectivity index (χ0n) is 21.0. The smallest absolute Gasteiger partial charge is 0.410 e. The van der Waals surface area contributed by atoms with E-state index in [4.69, 9.17) is 19.9 Å². The van der Waals surface area contributed by atoms with E-state index in [1.54, 1.807) is 29.2 Å². The number of likely N-dealkylation sites (tertiary alicyclic amines) is 1. The van der Waals surface area contributed by atoms with E-state index >= 15 is 0 Å². The number of nitrogens with two attached hydrogens (primary N) is 1. The molecule has 2 aromatic heterocycles. The van der Waals surface area contributed by atoms with Gasteiger partial charge in [-0.25, -0.2) is 4.79 Å². The zero-order chi connectivity index (χ0) is 26.0. The van der Waals surface area contributed by atoms with Crippen LogP contribution in [0, 0.1) is 0 Å². The molecule has 4 heterocycles. The van der Waals surface area contributed by atoms with Gasteiger partial charge in [0, 0.05) is 0 Å². The second kappa shape index (κ2) is 11.5. The molecular weight excluding hydrogens is 488 g/mol. The molecule has 204 valence electrons. The third kappa shape index (κ3) is 5.95. The molecule has 2 aliphatic heterocycles. The van der Waals surface area contributed by atoms with Crippen molar-refractivity contribution in [3.8, 4) is 0 Å². The second-order valence-electron chi connectivity index (χ2n) is 10.1. The lowest BCUT2D eigenvalue weighted by Crippen LogP contribution is -2.51. The molecule has 11 nitrogen and oxygen atoms in total. The molecule has 2 amide bonds. The average molecular weight is 525 g/mol. The fourth-order valence-corrected chi connectivity index (χ4v) is 4.61. The van der Waals surface area contributed by atoms with Gasteiger partial charge in [0.05, 0.1) is 49.7 Å². The first-order valence-electron chi connectivity index (χ1n) is 12.4. The SMILES string of the molecule is C.CC(C)(N)C(=O)N[C@H](COCc1ccccc1)c1nnc2cccc(COC(=O)N3CC4CC3CO4)n12. The molecule has 11 heteroatoms. The van der Waals surface area contributed by atoms with E-state index in [-0.39, 0.29) is 44.8 Å². The minimum absolute atomic E-state index is 0. The lowest BCUT2D eigenvalue weighted by atomic mass is 10.1. The summed E-state index contributed by atoms with van der Waals surface area (Å²) in [5.74, 6) is 0.105. The van der Waals surface area contributed by atoms with Crippen LogP contribution in [0.25, 0.3) is 5.65 Å². The summed E-state index contributed by atoms with van der Waals surface area (Å²) in [5.41, 5.74) is 7.18. The molecule has 38 heavy (non-hydrogen) atoms. The highest BCUT2D eigenvalue weighted by Crippen LogP contribution is 2.28. The first-order valence-corrected chi connectivity index (χ1v) is 12.4. The number of amides is 2. The summed E-state index contributed by atoms with van der Waals surface area (Å²) < 4.78 is 19.0. The molecular formula is C27H36N6O5. The molecule has 3 atom stereocenters. The third-order valence-electron chi connectivity index (χ3n) is 6.61. The Labute approximate surface area is 222 Å². The third-order valence-corrected chi connectivity index (χ3v) is 6.61. The van der Waals surface area contributed by atoms with Crippen molar-refractivity contribution < 1.29 is 23.8 Å². The number of nitrogens with one attached hydrogen (secondary N) is 1. The summed E-state index contributed by atoms with van der Waals surface area (Å²) in [5, 5.41) is 11.6. The lowest BCUT2D eigenvalue weighted by Gasteiger charge is -2.26. The van der Waals surface area contributed by atoms with Crippen LogP contribution in [0.3, 0.4) is 0 Å². The van der Waals surface area contributed by atoms with Crippen molar-refractivity contribution in [1.29, 1.82) is 0 Å². The maximum atomic E-state index is 12.8. The topological polar surface area (TPSA) is 133 Å². The Balaban J connectivity index is 0.00000336. The monoisotopic (exact) mass is 524 g/mol. The quantitative estimate of drug-likeness (QED) is 0.436. The van der Waals surface area contributed by atoms with Crippen LogP contribution >= 0.6 is 0 Å². The van der Waals surface area contributed by atoms with Gasteiger partial charge in [-0.1, -0.05) is 43.8 Å². The van der Waals surface area contributed by atoms with Gasteiger partial charge >= 0.3 is 6.09 Å². The predicted molar refractivity (Wildman–Crippen MR) is 140 cm³/mol. The molecule has 0 radical (unpaired) electrons. The van der Waals surface area contributed by atoms with Crippen LogP contribution < -0.4 is 11.1 Å². The summed E-state index contributed by atoms with van der Waals surface area (Å²) in [6.07, 6.45) is 0.572. The molecule has 2 unspecified atom stereocenters. The number of nitrogens with zero attached hydrogens (tertiary/aromatic N) is 4. The molecule has 2 bridgehead atoms. The van der Waals surface area contributed by atoms with Gasteiger partial charge in [0.25, 0.3) is 0 Å². The van der Waals surface area contributed by atoms with Gasteiger partial charge in [-0.2, -0.15) is 0 Å². The molecule has 0 aliphatic carbocycles. The normalized spacial score (nSPS) is 19.3. The highest BCUT2D eigenvalue weighted by molar-refractivity contribution is 5.85. The van der Waals surface area contributed by atoms with Crippen molar-refractivity contribution in [3.63, 3.8) is 0 Å². The first-order chi connectivity index (χ1) is 17.8. The Kier molecular flexibility index (Phi) is 8.29. The number of ether oxygens (including phenoxy) is 3. The fourth-order valence-electron chi connectivity index (χ4n) is 4.61. The van der Waals surface area contributed by atoms with Crippen molar-refractivity contribution in [1.82, 2.24) is 24.8 Å². The van der Waals surface area contributed by atoms with Gasteiger partial charge in [0.1, 0.15) is 12.6 Å². The number of carbonyl (C=O) groups excluding carboxylic acids is 2. The minimum Gasteiger partial charge on any atom is -0.443 e. The highest BCUT2D eigenvalue weighted by Gasteiger charge is 2.42. The molecule has 2 aliphatic rings. The van der Waals surface area contributed by atoms with Crippen LogP contribution in [0.1, 0.15) is 50.8 Å². The minimum atomic E-state index is -1.10. The van der Waals surface area contributed by atoms with Crippen LogP contribution in [-0.2, 0) is 32.2 Å². The Hall–Kier alpha value is -3.54. The number of hydrogen-bond donors (Lipinski definition) is 2. The summed E-state index contributed by atoms with van der Waals surface area (Å²) in [6, 6.07) is 14.6. The molecule has 0 saturated carbocycles. The molecule has 5 rings (SSSR count). The average Bonchev–Trinajstić information content (AvgIpc) is 3.63. The summed E-state index contributed by atoms with van der Waals surface area (Å²) in [4.78, 5) is 27.3. The number of hydrogen-bond acceptors (Lipinski definition) is 8. The van der Waals surface area contributed by atoms with Crippen molar-refractivity contribution in [2.75, 3.05) is 19.8 Å². The lowest BCUT2D eigenvalue weighted by molar-refractivity contribution is -0.126. The largest absolute Gasteiger partial charge is 0.443 e. The van der Waals surface area contributed by atoms with Crippen molar-refractivity contribution in [2.24, 2.45) is 5.73 Å². The number of pyridine rings is 1. The number of fused-ring (bicyclic) bond motifs is 3. The maximum Gasteiger partial charge on any atom is 0.410 e. The van der Waals surface area contributed by atoms with E-state index in [1.165, 1.54) is 0 Å². The Morgan fingerprint density at radius 1 is 1.16 bits per heavy atom. The van der Waals surface area contributed by atoms with Gasteiger partial charge in [-0.3, -0.25) is 9.20 Å². The van der Waals surface area contributed by atoms with Crippen molar-refractivity contribution >= 4 is 17.6 Å². The van der Waals surface area contributed by atoms with E-state index in [0.717, 1.165) is 12.0 Å². The molecule has 1 aromatic carbocycles. The zero-order valence-corrected chi connectivity index (χ0v) is 21.0. The van der Waals surface area contributed by atoms with Gasteiger partial charge in [0.2, 0.25) is 5.91 Å². The Morgan fingerprint density at radius 2 is 1.95 bits per heavy atom. The van der Waals surface area contributed by atoms with E-state index in [1.807, 2.05) is 42.5 Å². The van der Waals surface area contributed by atoms with Gasteiger partial charge in [0.15, 0.2) is 11.5 Å². The number of carbonyl (C=O) groups is 2. The molecule has 2 fully saturated rings. The maximum absolute atomic E-state index is 12.8. The second-order valence-corrected chi connectivity index (χ2v) is 10.1. The van der Waals surface area contributed by atoms with Crippen LogP contribution in [0.2, 0.25) is 0 Å². The van der Waals surface area contributed by atoms with E-state index in [9.17, 15) is 9.59 Å². The number of rotatable bonds is 9. The molecule has 3 N–H and O–H groups in total.